The van der Waals surface area contributed by atoms with Crippen LogP contribution in [0.1, 0.15) is 26.3 Å². The van der Waals surface area contributed by atoms with Crippen molar-refractivity contribution in [2.75, 3.05) is 25.6 Å². The molecule has 1 N–H and O–H groups in total. The third-order valence-corrected chi connectivity index (χ3v) is 4.14. The Hall–Kier alpha value is -2.53. The highest BCUT2D eigenvalue weighted by Gasteiger charge is 2.18. The third kappa shape index (κ3) is 5.77. The SMILES string of the molecule is CCOc1ccc(CN(C)[C@H](C)C(=O)Nc2ccc(OCC)cc2)cc1. The third-order valence-electron chi connectivity index (χ3n) is 4.14. The second-order valence-electron chi connectivity index (χ2n) is 6.11. The van der Waals surface area contributed by atoms with Gasteiger partial charge in [0.25, 0.3) is 0 Å². The largest absolute Gasteiger partial charge is 0.494 e. The number of rotatable bonds is 9. The van der Waals surface area contributed by atoms with E-state index in [1.807, 2.05) is 81.2 Å². The van der Waals surface area contributed by atoms with Gasteiger partial charge in [0.2, 0.25) is 5.91 Å². The van der Waals surface area contributed by atoms with Crippen molar-refractivity contribution in [1.82, 2.24) is 4.90 Å². The number of nitrogens with one attached hydrogen (secondary N) is 1. The van der Waals surface area contributed by atoms with Crippen LogP contribution in [0.3, 0.4) is 0 Å². The Morgan fingerprint density at radius 1 is 0.962 bits per heavy atom. The lowest BCUT2D eigenvalue weighted by Gasteiger charge is -2.24. The smallest absolute Gasteiger partial charge is 0.241 e. The van der Waals surface area contributed by atoms with Crippen LogP contribution in [0.15, 0.2) is 48.5 Å². The second-order valence-corrected chi connectivity index (χ2v) is 6.11. The molecule has 5 nitrogen and oxygen atoms in total. The highest BCUT2D eigenvalue weighted by atomic mass is 16.5. The normalized spacial score (nSPS) is 11.9. The summed E-state index contributed by atoms with van der Waals surface area (Å²) in [5, 5.41) is 2.95. The van der Waals surface area contributed by atoms with E-state index in [4.69, 9.17) is 9.47 Å². The molecule has 0 fully saturated rings. The van der Waals surface area contributed by atoms with Gasteiger partial charge >= 0.3 is 0 Å². The molecule has 0 saturated heterocycles. The summed E-state index contributed by atoms with van der Waals surface area (Å²) >= 11 is 0. The second kappa shape index (κ2) is 9.82. The van der Waals surface area contributed by atoms with Crippen molar-refractivity contribution in [2.24, 2.45) is 0 Å². The molecule has 2 aromatic carbocycles. The van der Waals surface area contributed by atoms with Crippen molar-refractivity contribution < 1.29 is 14.3 Å². The molecule has 0 radical (unpaired) electrons. The molecule has 0 saturated carbocycles. The molecule has 0 bridgehead atoms. The Morgan fingerprint density at radius 2 is 1.46 bits per heavy atom. The van der Waals surface area contributed by atoms with Crippen LogP contribution in [-0.2, 0) is 11.3 Å². The van der Waals surface area contributed by atoms with Crippen molar-refractivity contribution in [3.63, 3.8) is 0 Å². The minimum Gasteiger partial charge on any atom is -0.494 e. The maximum atomic E-state index is 12.5. The van der Waals surface area contributed by atoms with E-state index in [9.17, 15) is 4.79 Å². The summed E-state index contributed by atoms with van der Waals surface area (Å²) in [4.78, 5) is 14.5. The molecule has 2 rings (SSSR count). The minimum atomic E-state index is -0.256. The first-order chi connectivity index (χ1) is 12.5. The molecule has 0 spiro atoms. The number of benzene rings is 2. The van der Waals surface area contributed by atoms with E-state index in [-0.39, 0.29) is 11.9 Å². The fourth-order valence-corrected chi connectivity index (χ4v) is 2.53. The molecule has 0 aliphatic rings. The van der Waals surface area contributed by atoms with Gasteiger partial charge in [-0.3, -0.25) is 9.69 Å². The average molecular weight is 356 g/mol. The lowest BCUT2D eigenvalue weighted by molar-refractivity contribution is -0.120. The van der Waals surface area contributed by atoms with Crippen molar-refractivity contribution >= 4 is 11.6 Å². The number of amides is 1. The first-order valence-corrected chi connectivity index (χ1v) is 8.99. The predicted octanol–water partition coefficient (Wildman–Crippen LogP) is 3.94. The Morgan fingerprint density at radius 3 is 1.96 bits per heavy atom. The Balaban J connectivity index is 1.89. The number of hydrogen-bond acceptors (Lipinski definition) is 4. The highest BCUT2D eigenvalue weighted by Crippen LogP contribution is 2.17. The van der Waals surface area contributed by atoms with Crippen molar-refractivity contribution in [1.29, 1.82) is 0 Å². The van der Waals surface area contributed by atoms with E-state index in [0.717, 1.165) is 22.7 Å². The van der Waals surface area contributed by atoms with Crippen LogP contribution >= 0.6 is 0 Å². The standard InChI is InChI=1S/C21H28N2O3/c1-5-25-19-11-7-17(8-12-19)15-23(4)16(3)21(24)22-18-9-13-20(14-10-18)26-6-2/h7-14,16H,5-6,15H2,1-4H3,(H,22,24)/t16-/m1/s1. The van der Waals surface area contributed by atoms with Gasteiger partial charge in [-0.1, -0.05) is 12.1 Å². The molecule has 2 aromatic rings. The molecule has 26 heavy (non-hydrogen) atoms. The summed E-state index contributed by atoms with van der Waals surface area (Å²) in [6.07, 6.45) is 0. The molecule has 1 amide bonds. The fourth-order valence-electron chi connectivity index (χ4n) is 2.53. The van der Waals surface area contributed by atoms with E-state index < -0.39 is 0 Å². The summed E-state index contributed by atoms with van der Waals surface area (Å²) in [6.45, 7) is 7.77. The zero-order valence-corrected chi connectivity index (χ0v) is 16.0. The molecule has 5 heteroatoms. The van der Waals surface area contributed by atoms with Gasteiger partial charge in [0.15, 0.2) is 0 Å². The Labute approximate surface area is 155 Å². The van der Waals surface area contributed by atoms with Crippen LogP contribution in [-0.4, -0.2) is 37.1 Å². The van der Waals surface area contributed by atoms with Crippen LogP contribution in [0.25, 0.3) is 0 Å². The Kier molecular flexibility index (Phi) is 7.48. The van der Waals surface area contributed by atoms with Gasteiger partial charge in [-0.15, -0.1) is 0 Å². The number of ether oxygens (including phenoxy) is 2. The quantitative estimate of drug-likeness (QED) is 0.739. The number of carbonyl (C=O) groups is 1. The molecule has 0 heterocycles. The van der Waals surface area contributed by atoms with Gasteiger partial charge < -0.3 is 14.8 Å². The van der Waals surface area contributed by atoms with Gasteiger partial charge in [-0.05, 0) is 69.8 Å². The topological polar surface area (TPSA) is 50.8 Å². The molecule has 140 valence electrons. The molecular weight excluding hydrogens is 328 g/mol. The van der Waals surface area contributed by atoms with Gasteiger partial charge in [0.05, 0.1) is 19.3 Å². The number of anilines is 1. The predicted molar refractivity (Wildman–Crippen MR) is 105 cm³/mol. The summed E-state index contributed by atoms with van der Waals surface area (Å²) in [5.41, 5.74) is 1.90. The van der Waals surface area contributed by atoms with Crippen molar-refractivity contribution in [3.05, 3.63) is 54.1 Å². The maximum Gasteiger partial charge on any atom is 0.241 e. The first-order valence-electron chi connectivity index (χ1n) is 8.99. The van der Waals surface area contributed by atoms with E-state index in [0.29, 0.717) is 19.8 Å². The number of hydrogen-bond donors (Lipinski definition) is 1. The number of likely N-dealkylation sites (N-methyl/N-ethyl adjacent to an activating group) is 1. The zero-order chi connectivity index (χ0) is 18.9. The monoisotopic (exact) mass is 356 g/mol. The first kappa shape index (κ1) is 19.8. The minimum absolute atomic E-state index is 0.0393. The van der Waals surface area contributed by atoms with Crippen LogP contribution < -0.4 is 14.8 Å². The van der Waals surface area contributed by atoms with Gasteiger partial charge in [0, 0.05) is 12.2 Å². The lowest BCUT2D eigenvalue weighted by Crippen LogP contribution is -2.39. The van der Waals surface area contributed by atoms with Crippen LogP contribution in [0, 0.1) is 0 Å². The molecular formula is C21H28N2O3. The molecule has 0 aromatic heterocycles. The van der Waals surface area contributed by atoms with Crippen LogP contribution in [0.2, 0.25) is 0 Å². The van der Waals surface area contributed by atoms with E-state index in [1.54, 1.807) is 0 Å². The number of nitrogens with zero attached hydrogens (tertiary/aromatic N) is 1. The highest BCUT2D eigenvalue weighted by molar-refractivity contribution is 5.94. The van der Waals surface area contributed by atoms with E-state index in [2.05, 4.69) is 5.32 Å². The number of carbonyl (C=O) groups excluding carboxylic acids is 1. The molecule has 0 aliphatic carbocycles. The van der Waals surface area contributed by atoms with E-state index >= 15 is 0 Å². The molecule has 0 aliphatic heterocycles. The van der Waals surface area contributed by atoms with Crippen LogP contribution in [0.4, 0.5) is 5.69 Å². The lowest BCUT2D eigenvalue weighted by atomic mass is 10.1. The van der Waals surface area contributed by atoms with E-state index in [1.165, 1.54) is 0 Å². The van der Waals surface area contributed by atoms with Crippen molar-refractivity contribution in [2.45, 2.75) is 33.4 Å². The van der Waals surface area contributed by atoms with Gasteiger partial charge in [-0.25, -0.2) is 0 Å². The van der Waals surface area contributed by atoms with Crippen LogP contribution in [0.5, 0.6) is 11.5 Å². The zero-order valence-electron chi connectivity index (χ0n) is 16.0. The summed E-state index contributed by atoms with van der Waals surface area (Å²) < 4.78 is 10.9. The van der Waals surface area contributed by atoms with Crippen molar-refractivity contribution in [3.8, 4) is 11.5 Å². The maximum absolute atomic E-state index is 12.5. The summed E-state index contributed by atoms with van der Waals surface area (Å²) in [5.74, 6) is 1.62. The van der Waals surface area contributed by atoms with Gasteiger partial charge in [0.1, 0.15) is 11.5 Å². The molecule has 1 atom stereocenters. The average Bonchev–Trinajstić information content (AvgIpc) is 2.64. The van der Waals surface area contributed by atoms with Gasteiger partial charge in [-0.2, -0.15) is 0 Å². The molecule has 0 unspecified atom stereocenters. The summed E-state index contributed by atoms with van der Waals surface area (Å²) in [6, 6.07) is 15.1. The Bertz CT molecular complexity index is 683. The fraction of sp³-hybridized carbons (Fsp3) is 0.381. The summed E-state index contributed by atoms with van der Waals surface area (Å²) in [7, 11) is 1.94.